The summed E-state index contributed by atoms with van der Waals surface area (Å²) in [6.45, 7) is -1.15. The Balaban J connectivity index is 4.32. The lowest BCUT2D eigenvalue weighted by Crippen LogP contribution is -2.31. The molecule has 0 aliphatic rings. The summed E-state index contributed by atoms with van der Waals surface area (Å²) in [7, 11) is 1.43. The molecule has 0 amide bonds. The lowest BCUT2D eigenvalue weighted by Gasteiger charge is -2.18. The Morgan fingerprint density at radius 1 is 0.864 bits per heavy atom. The Labute approximate surface area is 128 Å². The number of rotatable bonds is 12. The number of esters is 3. The topological polar surface area (TPSA) is 129 Å². The van der Waals surface area contributed by atoms with Gasteiger partial charge < -0.3 is 29.2 Å². The van der Waals surface area contributed by atoms with E-state index in [2.05, 4.69) is 0 Å². The van der Waals surface area contributed by atoms with E-state index in [1.807, 2.05) is 0 Å². The zero-order valence-electron chi connectivity index (χ0n) is 12.5. The smallest absolute Gasteiger partial charge is 0.308 e. The molecule has 9 nitrogen and oxygen atoms in total. The largest absolute Gasteiger partial charge is 0.462 e. The van der Waals surface area contributed by atoms with Crippen LogP contribution in [0.1, 0.15) is 19.3 Å². The van der Waals surface area contributed by atoms with Crippen LogP contribution in [0, 0.1) is 0 Å². The summed E-state index contributed by atoms with van der Waals surface area (Å²) in [4.78, 5) is 33.8. The molecule has 0 fully saturated rings. The molecule has 2 N–H and O–H groups in total. The van der Waals surface area contributed by atoms with Gasteiger partial charge in [-0.3, -0.25) is 14.4 Å². The molecule has 22 heavy (non-hydrogen) atoms. The van der Waals surface area contributed by atoms with E-state index in [1.54, 1.807) is 0 Å². The average Bonchev–Trinajstić information content (AvgIpc) is 2.48. The van der Waals surface area contributed by atoms with Crippen LogP contribution in [0.2, 0.25) is 0 Å². The van der Waals surface area contributed by atoms with Crippen LogP contribution in [0.15, 0.2) is 0 Å². The quantitative estimate of drug-likeness (QED) is 0.336. The predicted octanol–water partition coefficient (Wildman–Crippen LogP) is -1.21. The number of ether oxygens (including phenoxy) is 4. The molecule has 0 atom stereocenters. The number of methoxy groups -OCH3 is 1. The van der Waals surface area contributed by atoms with Crippen LogP contribution in [0.25, 0.3) is 0 Å². The number of aliphatic hydroxyl groups is 2. The minimum atomic E-state index is -0.963. The van der Waals surface area contributed by atoms with Gasteiger partial charge in [-0.2, -0.15) is 0 Å². The molecule has 0 saturated carbocycles. The van der Waals surface area contributed by atoms with E-state index < -0.39 is 24.0 Å². The SMILES string of the molecule is COCCC(=O)OC(COC(=O)CCO)COC(=O)CCO. The number of carbonyl (C=O) groups is 3. The maximum atomic E-state index is 11.5. The molecule has 0 radical (unpaired) electrons. The molecule has 0 aliphatic carbocycles. The first-order valence-corrected chi connectivity index (χ1v) is 6.74. The summed E-state index contributed by atoms with van der Waals surface area (Å²) >= 11 is 0. The molecule has 0 unspecified atom stereocenters. The van der Waals surface area contributed by atoms with Gasteiger partial charge >= 0.3 is 17.9 Å². The number of carbonyl (C=O) groups excluding carboxylic acids is 3. The second kappa shape index (κ2) is 13.0. The van der Waals surface area contributed by atoms with Crippen LogP contribution in [-0.2, 0) is 33.3 Å². The predicted molar refractivity (Wildman–Crippen MR) is 71.7 cm³/mol. The fourth-order valence-corrected chi connectivity index (χ4v) is 1.25. The van der Waals surface area contributed by atoms with Crippen molar-refractivity contribution in [1.82, 2.24) is 0 Å². The van der Waals surface area contributed by atoms with Gasteiger partial charge in [0.1, 0.15) is 13.2 Å². The standard InChI is InChI=1S/C13H22O9/c1-19-7-4-13(18)22-10(8-20-11(16)2-5-14)9-21-12(17)3-6-15/h10,14-15H,2-9H2,1H3. The number of aliphatic hydroxyl groups excluding tert-OH is 2. The minimum Gasteiger partial charge on any atom is -0.462 e. The monoisotopic (exact) mass is 322 g/mol. The Morgan fingerprint density at radius 3 is 1.77 bits per heavy atom. The van der Waals surface area contributed by atoms with E-state index in [0.717, 1.165) is 0 Å². The lowest BCUT2D eigenvalue weighted by molar-refractivity contribution is -0.167. The van der Waals surface area contributed by atoms with E-state index >= 15 is 0 Å². The summed E-state index contributed by atoms with van der Waals surface area (Å²) < 4.78 is 19.3. The van der Waals surface area contributed by atoms with Crippen LogP contribution >= 0.6 is 0 Å². The summed E-state index contributed by atoms with van der Waals surface area (Å²) in [6.07, 6.45) is -1.33. The Kier molecular flexibility index (Phi) is 12.0. The summed E-state index contributed by atoms with van der Waals surface area (Å²) in [6, 6.07) is 0. The van der Waals surface area contributed by atoms with Crippen molar-refractivity contribution in [2.75, 3.05) is 40.1 Å². The van der Waals surface area contributed by atoms with Crippen molar-refractivity contribution in [3.05, 3.63) is 0 Å². The Morgan fingerprint density at radius 2 is 1.36 bits per heavy atom. The van der Waals surface area contributed by atoms with Crippen molar-refractivity contribution >= 4 is 17.9 Å². The molecule has 128 valence electrons. The molecule has 9 heteroatoms. The van der Waals surface area contributed by atoms with E-state index in [1.165, 1.54) is 7.11 Å². The van der Waals surface area contributed by atoms with Crippen molar-refractivity contribution in [3.8, 4) is 0 Å². The molecule has 0 aromatic carbocycles. The minimum absolute atomic E-state index is 0.00216. The average molecular weight is 322 g/mol. The molecule has 0 bridgehead atoms. The molecule has 0 aromatic rings. The van der Waals surface area contributed by atoms with Gasteiger partial charge in [0.25, 0.3) is 0 Å². The Bertz CT molecular complexity index is 320. The fraction of sp³-hybridized carbons (Fsp3) is 0.769. The van der Waals surface area contributed by atoms with Crippen molar-refractivity contribution in [3.63, 3.8) is 0 Å². The van der Waals surface area contributed by atoms with E-state index in [4.69, 9.17) is 29.2 Å². The van der Waals surface area contributed by atoms with Gasteiger partial charge in [-0.1, -0.05) is 0 Å². The Hall–Kier alpha value is -1.71. The molecule has 0 aliphatic heterocycles. The highest BCUT2D eigenvalue weighted by Crippen LogP contribution is 2.01. The highest BCUT2D eigenvalue weighted by atomic mass is 16.6. The van der Waals surface area contributed by atoms with Crippen LogP contribution in [-0.4, -0.2) is 74.4 Å². The molecule has 0 heterocycles. The van der Waals surface area contributed by atoms with Crippen LogP contribution in [0.4, 0.5) is 0 Å². The van der Waals surface area contributed by atoms with Gasteiger partial charge in [0.15, 0.2) is 6.10 Å². The highest BCUT2D eigenvalue weighted by Gasteiger charge is 2.19. The van der Waals surface area contributed by atoms with Crippen LogP contribution < -0.4 is 0 Å². The van der Waals surface area contributed by atoms with Gasteiger partial charge in [-0.15, -0.1) is 0 Å². The number of hydrogen-bond acceptors (Lipinski definition) is 9. The van der Waals surface area contributed by atoms with Gasteiger partial charge in [0.2, 0.25) is 0 Å². The lowest BCUT2D eigenvalue weighted by atomic mass is 10.3. The third-order valence-corrected chi connectivity index (χ3v) is 2.30. The van der Waals surface area contributed by atoms with Gasteiger partial charge in [-0.25, -0.2) is 0 Å². The first kappa shape index (κ1) is 20.3. The number of hydrogen-bond donors (Lipinski definition) is 2. The first-order valence-electron chi connectivity index (χ1n) is 6.74. The first-order chi connectivity index (χ1) is 10.5. The zero-order chi connectivity index (χ0) is 16.8. The van der Waals surface area contributed by atoms with Crippen LogP contribution in [0.5, 0.6) is 0 Å². The van der Waals surface area contributed by atoms with Gasteiger partial charge in [0.05, 0.1) is 39.1 Å². The molecule has 0 aromatic heterocycles. The second-order valence-corrected chi connectivity index (χ2v) is 4.17. The van der Waals surface area contributed by atoms with Gasteiger partial charge in [-0.05, 0) is 0 Å². The van der Waals surface area contributed by atoms with Gasteiger partial charge in [0, 0.05) is 7.11 Å². The van der Waals surface area contributed by atoms with E-state index in [9.17, 15) is 14.4 Å². The summed E-state index contributed by atoms with van der Waals surface area (Å²) in [5.41, 5.74) is 0. The molecule has 0 rings (SSSR count). The normalized spacial score (nSPS) is 10.4. The third-order valence-electron chi connectivity index (χ3n) is 2.30. The van der Waals surface area contributed by atoms with E-state index in [-0.39, 0.29) is 52.3 Å². The summed E-state index contributed by atoms with van der Waals surface area (Å²) in [5.74, 6) is -1.92. The van der Waals surface area contributed by atoms with Crippen molar-refractivity contribution in [2.45, 2.75) is 25.4 Å². The van der Waals surface area contributed by atoms with Crippen LogP contribution in [0.3, 0.4) is 0 Å². The maximum Gasteiger partial charge on any atom is 0.308 e. The second-order valence-electron chi connectivity index (χ2n) is 4.17. The maximum absolute atomic E-state index is 11.5. The molecular formula is C13H22O9. The fourth-order valence-electron chi connectivity index (χ4n) is 1.25. The van der Waals surface area contributed by atoms with Crippen molar-refractivity contribution < 1.29 is 43.5 Å². The molecule has 0 spiro atoms. The third kappa shape index (κ3) is 11.0. The molecular weight excluding hydrogens is 300 g/mol. The van der Waals surface area contributed by atoms with E-state index in [0.29, 0.717) is 0 Å². The summed E-state index contributed by atoms with van der Waals surface area (Å²) in [5, 5.41) is 17.2. The highest BCUT2D eigenvalue weighted by molar-refractivity contribution is 5.71. The van der Waals surface area contributed by atoms with Crippen molar-refractivity contribution in [2.24, 2.45) is 0 Å². The van der Waals surface area contributed by atoms with Crippen molar-refractivity contribution in [1.29, 1.82) is 0 Å². The molecule has 0 saturated heterocycles. The zero-order valence-corrected chi connectivity index (χ0v) is 12.5.